The molecule has 0 unspecified atom stereocenters. The lowest BCUT2D eigenvalue weighted by molar-refractivity contribution is -0.109. The first-order chi connectivity index (χ1) is 7.09. The van der Waals surface area contributed by atoms with Gasteiger partial charge in [-0.1, -0.05) is 23.6 Å². The highest BCUT2D eigenvalue weighted by Crippen LogP contribution is 2.14. The lowest BCUT2D eigenvalue weighted by Crippen LogP contribution is -1.84. The Kier molecular flexibility index (Phi) is 4.26. The number of carbonyl (C=O) groups excluding carboxylic acids is 1. The van der Waals surface area contributed by atoms with Gasteiger partial charge < -0.3 is 5.11 Å². The van der Waals surface area contributed by atoms with Gasteiger partial charge in [-0.05, 0) is 30.7 Å². The van der Waals surface area contributed by atoms with Gasteiger partial charge in [0.05, 0.1) is 5.75 Å². The van der Waals surface area contributed by atoms with Crippen LogP contribution in [0.1, 0.15) is 18.1 Å². The fourth-order valence-corrected chi connectivity index (χ4v) is 1.40. The average molecular weight is 220 g/mol. The summed E-state index contributed by atoms with van der Waals surface area (Å²) in [6, 6.07) is 5.05. The van der Waals surface area contributed by atoms with Gasteiger partial charge in [-0.2, -0.15) is 0 Å². The van der Waals surface area contributed by atoms with Crippen LogP contribution in [0, 0.1) is 18.8 Å². The zero-order chi connectivity index (χ0) is 11.3. The summed E-state index contributed by atoms with van der Waals surface area (Å²) in [5, 5.41) is 9.26. The predicted molar refractivity (Wildman–Crippen MR) is 62.9 cm³/mol. The highest BCUT2D eigenvalue weighted by molar-refractivity contribution is 8.13. The van der Waals surface area contributed by atoms with Crippen LogP contribution < -0.4 is 0 Å². The lowest BCUT2D eigenvalue weighted by atomic mass is 10.1. The number of aromatic hydroxyl groups is 1. The number of carbonyl (C=O) groups is 1. The van der Waals surface area contributed by atoms with E-state index < -0.39 is 0 Å². The molecular formula is C12H12O2S. The zero-order valence-electron chi connectivity index (χ0n) is 8.70. The Morgan fingerprint density at radius 3 is 2.87 bits per heavy atom. The van der Waals surface area contributed by atoms with Crippen molar-refractivity contribution in [2.24, 2.45) is 0 Å². The summed E-state index contributed by atoms with van der Waals surface area (Å²) in [5.41, 5.74) is 1.83. The minimum Gasteiger partial charge on any atom is -0.508 e. The summed E-state index contributed by atoms with van der Waals surface area (Å²) < 4.78 is 0. The molecule has 1 aromatic rings. The maximum Gasteiger partial charge on any atom is 0.186 e. The minimum atomic E-state index is 0.0757. The number of benzene rings is 1. The number of thioether (sulfide) groups is 1. The van der Waals surface area contributed by atoms with Crippen LogP contribution >= 0.6 is 11.8 Å². The molecule has 0 bridgehead atoms. The van der Waals surface area contributed by atoms with Gasteiger partial charge in [-0.15, -0.1) is 0 Å². The Morgan fingerprint density at radius 1 is 1.53 bits per heavy atom. The molecule has 0 aliphatic carbocycles. The number of aryl methyl sites for hydroxylation is 1. The Hall–Kier alpha value is -1.40. The number of phenols is 1. The topological polar surface area (TPSA) is 37.3 Å². The van der Waals surface area contributed by atoms with Crippen LogP contribution in [0.3, 0.4) is 0 Å². The lowest BCUT2D eigenvalue weighted by Gasteiger charge is -1.97. The van der Waals surface area contributed by atoms with Crippen molar-refractivity contribution in [2.75, 3.05) is 5.75 Å². The molecule has 3 heteroatoms. The molecule has 0 aromatic heterocycles. The number of phenolic OH excluding ortho intramolecular Hbond substituents is 1. The van der Waals surface area contributed by atoms with Gasteiger partial charge >= 0.3 is 0 Å². The van der Waals surface area contributed by atoms with Crippen LogP contribution in [0.4, 0.5) is 0 Å². The summed E-state index contributed by atoms with van der Waals surface area (Å²) in [7, 11) is 0. The van der Waals surface area contributed by atoms with E-state index in [0.717, 1.165) is 11.1 Å². The third kappa shape index (κ3) is 4.09. The van der Waals surface area contributed by atoms with Crippen LogP contribution in [0.25, 0.3) is 0 Å². The smallest absolute Gasteiger partial charge is 0.186 e. The Morgan fingerprint density at radius 2 is 2.27 bits per heavy atom. The molecule has 0 aliphatic rings. The number of rotatable bonds is 1. The van der Waals surface area contributed by atoms with E-state index in [4.69, 9.17) is 0 Å². The van der Waals surface area contributed by atoms with Gasteiger partial charge in [0.2, 0.25) is 0 Å². The molecule has 0 radical (unpaired) electrons. The van der Waals surface area contributed by atoms with Crippen molar-refractivity contribution >= 4 is 16.9 Å². The average Bonchev–Trinajstić information content (AvgIpc) is 2.14. The summed E-state index contributed by atoms with van der Waals surface area (Å²) in [5.74, 6) is 6.62. The van der Waals surface area contributed by atoms with E-state index in [9.17, 15) is 9.90 Å². The van der Waals surface area contributed by atoms with Gasteiger partial charge in [0, 0.05) is 12.5 Å². The van der Waals surface area contributed by atoms with Gasteiger partial charge in [0.25, 0.3) is 0 Å². The van der Waals surface area contributed by atoms with Crippen LogP contribution in [-0.4, -0.2) is 16.0 Å². The molecule has 2 nitrogen and oxygen atoms in total. The van der Waals surface area contributed by atoms with Gasteiger partial charge in [-0.3, -0.25) is 4.79 Å². The van der Waals surface area contributed by atoms with E-state index >= 15 is 0 Å². The molecule has 0 saturated carbocycles. The Balaban J connectivity index is 2.67. The molecule has 0 spiro atoms. The van der Waals surface area contributed by atoms with Crippen molar-refractivity contribution in [1.29, 1.82) is 0 Å². The van der Waals surface area contributed by atoms with Crippen molar-refractivity contribution in [3.63, 3.8) is 0 Å². The van der Waals surface area contributed by atoms with Crippen LogP contribution in [0.2, 0.25) is 0 Å². The van der Waals surface area contributed by atoms with Crippen molar-refractivity contribution in [3.05, 3.63) is 29.3 Å². The molecule has 0 atom stereocenters. The largest absolute Gasteiger partial charge is 0.508 e. The maximum absolute atomic E-state index is 10.6. The third-order valence-corrected chi connectivity index (χ3v) is 2.48. The predicted octanol–water partition coefficient (Wildman–Crippen LogP) is 2.33. The Labute approximate surface area is 93.7 Å². The maximum atomic E-state index is 10.6. The summed E-state index contributed by atoms with van der Waals surface area (Å²) in [6.45, 7) is 3.42. The summed E-state index contributed by atoms with van der Waals surface area (Å²) in [6.07, 6.45) is 0. The molecule has 1 aromatic carbocycles. The van der Waals surface area contributed by atoms with Crippen molar-refractivity contribution in [1.82, 2.24) is 0 Å². The van der Waals surface area contributed by atoms with Crippen LogP contribution in [-0.2, 0) is 4.79 Å². The molecule has 0 amide bonds. The Bertz CT molecular complexity index is 427. The summed E-state index contributed by atoms with van der Waals surface area (Å²) in [4.78, 5) is 10.6. The van der Waals surface area contributed by atoms with Crippen LogP contribution in [0.15, 0.2) is 18.2 Å². The minimum absolute atomic E-state index is 0.0757. The molecule has 0 fully saturated rings. The van der Waals surface area contributed by atoms with Gasteiger partial charge in [0.1, 0.15) is 5.75 Å². The third-order valence-electron chi connectivity index (χ3n) is 1.78. The monoisotopic (exact) mass is 220 g/mol. The molecule has 78 valence electrons. The van der Waals surface area contributed by atoms with E-state index in [2.05, 4.69) is 11.8 Å². The quantitative estimate of drug-likeness (QED) is 0.738. The van der Waals surface area contributed by atoms with E-state index in [1.807, 2.05) is 6.92 Å². The SMILES string of the molecule is CC(=O)SCC#Cc1ccc(O)cc1C. The molecule has 0 aliphatic heterocycles. The number of hydrogen-bond donors (Lipinski definition) is 1. The second-order valence-corrected chi connectivity index (χ2v) is 4.23. The first-order valence-corrected chi connectivity index (χ1v) is 5.50. The molecule has 1 N–H and O–H groups in total. The molecule has 0 saturated heterocycles. The first-order valence-electron chi connectivity index (χ1n) is 4.51. The molecular weight excluding hydrogens is 208 g/mol. The van der Waals surface area contributed by atoms with Gasteiger partial charge in [0.15, 0.2) is 5.12 Å². The normalized spacial score (nSPS) is 9.20. The second kappa shape index (κ2) is 5.47. The van der Waals surface area contributed by atoms with Crippen molar-refractivity contribution in [3.8, 4) is 17.6 Å². The molecule has 15 heavy (non-hydrogen) atoms. The van der Waals surface area contributed by atoms with Crippen molar-refractivity contribution < 1.29 is 9.90 Å². The fourth-order valence-electron chi connectivity index (χ4n) is 1.06. The summed E-state index contributed by atoms with van der Waals surface area (Å²) >= 11 is 1.20. The number of hydrogen-bond acceptors (Lipinski definition) is 3. The van der Waals surface area contributed by atoms with E-state index in [-0.39, 0.29) is 10.9 Å². The van der Waals surface area contributed by atoms with E-state index in [0.29, 0.717) is 5.75 Å². The first kappa shape index (κ1) is 11.7. The van der Waals surface area contributed by atoms with Gasteiger partial charge in [-0.25, -0.2) is 0 Å². The highest BCUT2D eigenvalue weighted by atomic mass is 32.2. The second-order valence-electron chi connectivity index (χ2n) is 3.08. The van der Waals surface area contributed by atoms with Crippen molar-refractivity contribution in [2.45, 2.75) is 13.8 Å². The molecule has 1 rings (SSSR count). The fraction of sp³-hybridized carbons (Fsp3) is 0.250. The van der Waals surface area contributed by atoms with E-state index in [1.165, 1.54) is 18.7 Å². The molecule has 0 heterocycles. The van der Waals surface area contributed by atoms with Crippen LogP contribution in [0.5, 0.6) is 5.75 Å². The van der Waals surface area contributed by atoms with E-state index in [1.54, 1.807) is 18.2 Å². The highest BCUT2D eigenvalue weighted by Gasteiger charge is 1.95. The standard InChI is InChI=1S/C12H12O2S/c1-9-8-12(14)6-5-11(9)4-3-7-15-10(2)13/h5-6,8,14H,7H2,1-2H3. The zero-order valence-corrected chi connectivity index (χ0v) is 9.52.